The summed E-state index contributed by atoms with van der Waals surface area (Å²) >= 11 is 1.64. The second kappa shape index (κ2) is 7.35. The third-order valence-electron chi connectivity index (χ3n) is 2.01. The molecule has 0 N–H and O–H groups in total. The van der Waals surface area contributed by atoms with Crippen molar-refractivity contribution in [2.24, 2.45) is 0 Å². The lowest BCUT2D eigenvalue weighted by Gasteiger charge is -2.19. The Morgan fingerprint density at radius 3 is 3.07 bits per heavy atom. The van der Waals surface area contributed by atoms with Gasteiger partial charge in [-0.15, -0.1) is 11.3 Å². The van der Waals surface area contributed by atoms with Crippen LogP contribution in [0, 0.1) is 11.3 Å². The minimum Gasteiger partial charge on any atom is -0.383 e. The van der Waals surface area contributed by atoms with Crippen molar-refractivity contribution in [2.45, 2.75) is 13.0 Å². The normalized spacial score (nSPS) is 10.5. The van der Waals surface area contributed by atoms with E-state index in [-0.39, 0.29) is 0 Å². The average molecular weight is 225 g/mol. The zero-order valence-corrected chi connectivity index (χ0v) is 9.66. The van der Waals surface area contributed by atoms with Crippen molar-refractivity contribution in [1.82, 2.24) is 9.88 Å². The number of methoxy groups -OCH3 is 1. The molecule has 1 heterocycles. The molecule has 15 heavy (non-hydrogen) atoms. The Labute approximate surface area is 94.1 Å². The van der Waals surface area contributed by atoms with Crippen molar-refractivity contribution < 1.29 is 4.74 Å². The monoisotopic (exact) mass is 225 g/mol. The summed E-state index contributed by atoms with van der Waals surface area (Å²) in [7, 11) is 1.69. The smallest absolute Gasteiger partial charge is 0.0794 e. The molecular formula is C10H15N3OS. The van der Waals surface area contributed by atoms with E-state index in [1.165, 1.54) is 4.88 Å². The van der Waals surface area contributed by atoms with Gasteiger partial charge in [0, 0.05) is 44.2 Å². The summed E-state index contributed by atoms with van der Waals surface area (Å²) in [6.45, 7) is 3.20. The molecule has 0 radical (unpaired) electrons. The van der Waals surface area contributed by atoms with Crippen molar-refractivity contribution in [2.75, 3.05) is 26.8 Å². The topological polar surface area (TPSA) is 49.1 Å². The zero-order valence-electron chi connectivity index (χ0n) is 8.85. The molecule has 0 unspecified atom stereocenters. The maximum absolute atomic E-state index is 8.55. The molecule has 0 saturated heterocycles. The Balaban J connectivity index is 2.38. The van der Waals surface area contributed by atoms with Gasteiger partial charge in [-0.1, -0.05) is 0 Å². The highest BCUT2D eigenvalue weighted by Crippen LogP contribution is 2.09. The molecule has 0 aliphatic rings. The van der Waals surface area contributed by atoms with Crippen LogP contribution in [0.25, 0.3) is 0 Å². The summed E-state index contributed by atoms with van der Waals surface area (Å²) < 4.78 is 5.03. The second-order valence-electron chi connectivity index (χ2n) is 3.14. The Bertz CT molecular complexity index is 294. The molecule has 0 aliphatic heterocycles. The van der Waals surface area contributed by atoms with Crippen LogP contribution < -0.4 is 0 Å². The number of nitrogens with zero attached hydrogens (tertiary/aromatic N) is 3. The maximum atomic E-state index is 8.55. The quantitative estimate of drug-likeness (QED) is 0.705. The molecule has 82 valence electrons. The Morgan fingerprint density at radius 1 is 1.60 bits per heavy atom. The molecule has 5 heteroatoms. The van der Waals surface area contributed by atoms with E-state index in [9.17, 15) is 0 Å². The zero-order chi connectivity index (χ0) is 10.9. The third-order valence-corrected chi connectivity index (χ3v) is 2.78. The molecule has 0 bridgehead atoms. The van der Waals surface area contributed by atoms with Gasteiger partial charge in [-0.3, -0.25) is 9.88 Å². The van der Waals surface area contributed by atoms with Gasteiger partial charge in [0.1, 0.15) is 0 Å². The molecule has 1 aromatic rings. The fourth-order valence-corrected chi connectivity index (χ4v) is 1.87. The van der Waals surface area contributed by atoms with E-state index in [1.807, 2.05) is 11.7 Å². The Morgan fingerprint density at radius 2 is 2.47 bits per heavy atom. The molecule has 0 fully saturated rings. The molecule has 0 aliphatic carbocycles. The molecule has 1 rings (SSSR count). The van der Waals surface area contributed by atoms with Crippen LogP contribution in [-0.4, -0.2) is 36.7 Å². The van der Waals surface area contributed by atoms with Gasteiger partial charge in [0.05, 0.1) is 18.2 Å². The van der Waals surface area contributed by atoms with Crippen LogP contribution in [-0.2, 0) is 11.3 Å². The van der Waals surface area contributed by atoms with Gasteiger partial charge >= 0.3 is 0 Å². The van der Waals surface area contributed by atoms with Crippen molar-refractivity contribution >= 4 is 11.3 Å². The molecule has 0 saturated carbocycles. The average Bonchev–Trinajstić information content (AvgIpc) is 2.74. The summed E-state index contributed by atoms with van der Waals surface area (Å²) in [6.07, 6.45) is 2.43. The second-order valence-corrected chi connectivity index (χ2v) is 4.12. The number of aromatic nitrogens is 1. The first kappa shape index (κ1) is 12.1. The summed E-state index contributed by atoms with van der Waals surface area (Å²) in [5.74, 6) is 0. The van der Waals surface area contributed by atoms with Gasteiger partial charge in [0.25, 0.3) is 0 Å². The van der Waals surface area contributed by atoms with Gasteiger partial charge in [0.2, 0.25) is 0 Å². The van der Waals surface area contributed by atoms with E-state index in [2.05, 4.69) is 16.0 Å². The van der Waals surface area contributed by atoms with Crippen LogP contribution in [0.5, 0.6) is 0 Å². The summed E-state index contributed by atoms with van der Waals surface area (Å²) in [6, 6.07) is 2.16. The molecule has 0 aromatic carbocycles. The van der Waals surface area contributed by atoms with Crippen LogP contribution in [0.15, 0.2) is 11.7 Å². The predicted molar refractivity (Wildman–Crippen MR) is 59.5 cm³/mol. The Kier molecular flexibility index (Phi) is 5.93. The third kappa shape index (κ3) is 4.88. The van der Waals surface area contributed by atoms with Crippen molar-refractivity contribution in [3.8, 4) is 6.07 Å². The van der Waals surface area contributed by atoms with Gasteiger partial charge in [-0.05, 0) is 0 Å². The van der Waals surface area contributed by atoms with Crippen molar-refractivity contribution in [3.63, 3.8) is 0 Å². The molecule has 0 atom stereocenters. The number of hydrogen-bond acceptors (Lipinski definition) is 5. The van der Waals surface area contributed by atoms with E-state index in [0.29, 0.717) is 13.0 Å². The first-order chi connectivity index (χ1) is 7.36. The summed E-state index contributed by atoms with van der Waals surface area (Å²) in [5.41, 5.74) is 1.83. The largest absolute Gasteiger partial charge is 0.383 e. The van der Waals surface area contributed by atoms with Gasteiger partial charge in [0.15, 0.2) is 0 Å². The van der Waals surface area contributed by atoms with Crippen LogP contribution in [0.1, 0.15) is 11.3 Å². The maximum Gasteiger partial charge on any atom is 0.0794 e. The first-order valence-corrected chi connectivity index (χ1v) is 5.70. The summed E-state index contributed by atoms with van der Waals surface area (Å²) in [5, 5.41) is 8.55. The summed E-state index contributed by atoms with van der Waals surface area (Å²) in [4.78, 5) is 7.47. The van der Waals surface area contributed by atoms with Crippen LogP contribution in [0.3, 0.4) is 0 Å². The van der Waals surface area contributed by atoms with E-state index in [0.717, 1.165) is 19.6 Å². The van der Waals surface area contributed by atoms with Crippen LogP contribution in [0.4, 0.5) is 0 Å². The minimum atomic E-state index is 0.558. The van der Waals surface area contributed by atoms with E-state index in [4.69, 9.17) is 10.00 Å². The highest BCUT2D eigenvalue weighted by atomic mass is 32.1. The predicted octanol–water partition coefficient (Wildman–Crippen LogP) is 1.51. The molecule has 4 nitrogen and oxygen atoms in total. The molecular weight excluding hydrogens is 210 g/mol. The van der Waals surface area contributed by atoms with Crippen molar-refractivity contribution in [3.05, 3.63) is 16.6 Å². The van der Waals surface area contributed by atoms with E-state index < -0.39 is 0 Å². The number of rotatable bonds is 7. The number of ether oxygens (including phenoxy) is 1. The van der Waals surface area contributed by atoms with E-state index in [1.54, 1.807) is 18.4 Å². The van der Waals surface area contributed by atoms with Crippen molar-refractivity contribution in [1.29, 1.82) is 5.26 Å². The van der Waals surface area contributed by atoms with Gasteiger partial charge in [-0.2, -0.15) is 5.26 Å². The van der Waals surface area contributed by atoms with Gasteiger partial charge in [-0.25, -0.2) is 0 Å². The standard InChI is InChI=1S/C10H15N3OS/c1-14-6-5-13(4-2-3-11)8-10-7-12-9-15-10/h7,9H,2,4-6,8H2,1H3. The SMILES string of the molecule is COCCN(CCC#N)Cc1cncs1. The Hall–Kier alpha value is -0.960. The molecule has 0 amide bonds. The lowest BCUT2D eigenvalue weighted by Crippen LogP contribution is -2.27. The number of hydrogen-bond donors (Lipinski definition) is 0. The van der Waals surface area contributed by atoms with Gasteiger partial charge < -0.3 is 4.74 Å². The van der Waals surface area contributed by atoms with Crippen LogP contribution in [0.2, 0.25) is 0 Å². The number of thiazole rings is 1. The highest BCUT2D eigenvalue weighted by molar-refractivity contribution is 7.09. The fourth-order valence-electron chi connectivity index (χ4n) is 1.24. The minimum absolute atomic E-state index is 0.558. The molecule has 0 spiro atoms. The lowest BCUT2D eigenvalue weighted by molar-refractivity contribution is 0.146. The highest BCUT2D eigenvalue weighted by Gasteiger charge is 2.06. The number of nitriles is 1. The first-order valence-electron chi connectivity index (χ1n) is 4.82. The fraction of sp³-hybridized carbons (Fsp3) is 0.600. The van der Waals surface area contributed by atoms with E-state index >= 15 is 0 Å². The molecule has 1 aromatic heterocycles. The van der Waals surface area contributed by atoms with Crippen LogP contribution >= 0.6 is 11.3 Å². The lowest BCUT2D eigenvalue weighted by atomic mass is 10.3.